The van der Waals surface area contributed by atoms with Crippen LogP contribution < -0.4 is 16.2 Å². The lowest BCUT2D eigenvalue weighted by molar-refractivity contribution is 0.663. The highest BCUT2D eigenvalue weighted by Crippen LogP contribution is 1.97. The summed E-state index contributed by atoms with van der Waals surface area (Å²) in [7, 11) is 1.87. The minimum absolute atomic E-state index is 0.192. The van der Waals surface area contributed by atoms with E-state index in [1.807, 2.05) is 7.05 Å². The summed E-state index contributed by atoms with van der Waals surface area (Å²) in [5, 5.41) is 9.98. The third kappa shape index (κ3) is 3.44. The van der Waals surface area contributed by atoms with Gasteiger partial charge >= 0.3 is 0 Å². The number of rotatable bonds is 5. The van der Waals surface area contributed by atoms with E-state index < -0.39 is 0 Å². The molecule has 0 aliphatic heterocycles. The summed E-state index contributed by atoms with van der Waals surface area (Å²) in [6.07, 6.45) is 6.68. The summed E-state index contributed by atoms with van der Waals surface area (Å²) in [5.41, 5.74) is 0.519. The van der Waals surface area contributed by atoms with Crippen LogP contribution in [0.2, 0.25) is 0 Å². The van der Waals surface area contributed by atoms with Crippen LogP contribution in [0, 0.1) is 12.3 Å². The largest absolute Gasteiger partial charge is 0.382 e. The van der Waals surface area contributed by atoms with Crippen molar-refractivity contribution in [2.45, 2.75) is 6.54 Å². The molecule has 5 nitrogen and oxygen atoms in total. The molecule has 0 saturated heterocycles. The molecule has 80 valence electrons. The van der Waals surface area contributed by atoms with E-state index in [4.69, 9.17) is 6.42 Å². The van der Waals surface area contributed by atoms with Crippen LogP contribution in [-0.2, 0) is 6.54 Å². The van der Waals surface area contributed by atoms with Crippen molar-refractivity contribution in [3.63, 3.8) is 0 Å². The summed E-state index contributed by atoms with van der Waals surface area (Å²) in [5.74, 6) is 2.37. The van der Waals surface area contributed by atoms with E-state index in [2.05, 4.69) is 21.7 Å². The Morgan fingerprint density at radius 1 is 1.60 bits per heavy atom. The Hall–Kier alpha value is -1.80. The summed E-state index contributed by atoms with van der Waals surface area (Å²) in [6, 6.07) is 1.49. The molecule has 1 rings (SSSR count). The van der Waals surface area contributed by atoms with Gasteiger partial charge in [0.25, 0.3) is 5.56 Å². The van der Waals surface area contributed by atoms with Crippen molar-refractivity contribution >= 4 is 5.69 Å². The van der Waals surface area contributed by atoms with Crippen LogP contribution in [0.15, 0.2) is 17.1 Å². The molecule has 15 heavy (non-hydrogen) atoms. The molecular weight excluding hydrogens is 192 g/mol. The zero-order valence-corrected chi connectivity index (χ0v) is 8.66. The number of hydrogen-bond donors (Lipinski definition) is 2. The Kier molecular flexibility index (Phi) is 4.38. The topological polar surface area (TPSA) is 59.0 Å². The van der Waals surface area contributed by atoms with Gasteiger partial charge in [0.05, 0.1) is 11.9 Å². The van der Waals surface area contributed by atoms with Crippen molar-refractivity contribution in [2.24, 2.45) is 0 Å². The maximum absolute atomic E-state index is 11.4. The predicted octanol–water partition coefficient (Wildman–Crippen LogP) is -0.492. The monoisotopic (exact) mass is 206 g/mol. The van der Waals surface area contributed by atoms with Gasteiger partial charge in [0.1, 0.15) is 6.54 Å². The highest BCUT2D eigenvalue weighted by atomic mass is 16.1. The fourth-order valence-electron chi connectivity index (χ4n) is 1.07. The van der Waals surface area contributed by atoms with E-state index in [1.54, 1.807) is 6.20 Å². The first-order valence-corrected chi connectivity index (χ1v) is 4.67. The second-order valence-corrected chi connectivity index (χ2v) is 2.97. The predicted molar refractivity (Wildman–Crippen MR) is 59.7 cm³/mol. The summed E-state index contributed by atoms with van der Waals surface area (Å²) >= 11 is 0. The molecule has 0 fully saturated rings. The fraction of sp³-hybridized carbons (Fsp3) is 0.400. The van der Waals surface area contributed by atoms with Crippen LogP contribution in [0.4, 0.5) is 5.69 Å². The summed E-state index contributed by atoms with van der Waals surface area (Å²) in [6.45, 7) is 1.78. The molecule has 0 aliphatic rings. The van der Waals surface area contributed by atoms with Gasteiger partial charge in [0.2, 0.25) is 0 Å². The van der Waals surface area contributed by atoms with Gasteiger partial charge in [-0.2, -0.15) is 5.10 Å². The lowest BCUT2D eigenvalue weighted by Crippen LogP contribution is -2.23. The molecule has 0 saturated carbocycles. The zero-order valence-electron chi connectivity index (χ0n) is 8.66. The Balaban J connectivity index is 2.66. The molecular formula is C10H14N4O. The van der Waals surface area contributed by atoms with Crippen LogP contribution >= 0.6 is 0 Å². The minimum atomic E-state index is -0.192. The van der Waals surface area contributed by atoms with Crippen LogP contribution in [0.25, 0.3) is 0 Å². The first-order valence-electron chi connectivity index (χ1n) is 4.67. The Morgan fingerprint density at radius 3 is 3.00 bits per heavy atom. The highest BCUT2D eigenvalue weighted by molar-refractivity contribution is 5.38. The minimum Gasteiger partial charge on any atom is -0.382 e. The van der Waals surface area contributed by atoms with Crippen LogP contribution in [-0.4, -0.2) is 29.9 Å². The molecule has 0 amide bonds. The average Bonchev–Trinajstić information content (AvgIpc) is 2.23. The molecule has 0 unspecified atom stereocenters. The number of aromatic nitrogens is 2. The van der Waals surface area contributed by atoms with Crippen molar-refractivity contribution in [1.29, 1.82) is 0 Å². The standard InChI is InChI=1S/C10H14N4O/c1-3-6-14-10(15)7-9(8-13-14)12-5-4-11-2/h1,7-8,11-12H,4-6H2,2H3. The van der Waals surface area contributed by atoms with Crippen LogP contribution in [0.1, 0.15) is 0 Å². The molecule has 0 bridgehead atoms. The van der Waals surface area contributed by atoms with Gasteiger partial charge in [0.15, 0.2) is 0 Å². The van der Waals surface area contributed by atoms with E-state index in [-0.39, 0.29) is 12.1 Å². The first kappa shape index (κ1) is 11.3. The number of terminal acetylenes is 1. The number of anilines is 1. The van der Waals surface area contributed by atoms with Crippen molar-refractivity contribution in [3.8, 4) is 12.3 Å². The van der Waals surface area contributed by atoms with Gasteiger partial charge in [0, 0.05) is 19.2 Å². The second kappa shape index (κ2) is 5.83. The van der Waals surface area contributed by atoms with Gasteiger partial charge < -0.3 is 10.6 Å². The van der Waals surface area contributed by atoms with E-state index in [0.717, 1.165) is 13.1 Å². The maximum Gasteiger partial charge on any atom is 0.269 e. The highest BCUT2D eigenvalue weighted by Gasteiger charge is 1.97. The average molecular weight is 206 g/mol. The summed E-state index contributed by atoms with van der Waals surface area (Å²) in [4.78, 5) is 11.4. The van der Waals surface area contributed by atoms with E-state index in [1.165, 1.54) is 10.7 Å². The second-order valence-electron chi connectivity index (χ2n) is 2.97. The Bertz CT molecular complexity index is 405. The van der Waals surface area contributed by atoms with E-state index in [0.29, 0.717) is 5.69 Å². The van der Waals surface area contributed by atoms with Gasteiger partial charge in [-0.25, -0.2) is 4.68 Å². The van der Waals surface area contributed by atoms with Crippen molar-refractivity contribution in [2.75, 3.05) is 25.5 Å². The third-order valence-corrected chi connectivity index (χ3v) is 1.81. The number of nitrogens with zero attached hydrogens (tertiary/aromatic N) is 2. The molecule has 1 aromatic rings. The maximum atomic E-state index is 11.4. The van der Waals surface area contributed by atoms with Crippen molar-refractivity contribution in [3.05, 3.63) is 22.6 Å². The molecule has 2 N–H and O–H groups in total. The molecule has 1 aromatic heterocycles. The Morgan fingerprint density at radius 2 is 2.40 bits per heavy atom. The van der Waals surface area contributed by atoms with E-state index >= 15 is 0 Å². The normalized spacial score (nSPS) is 9.60. The van der Waals surface area contributed by atoms with E-state index in [9.17, 15) is 4.79 Å². The number of hydrogen-bond acceptors (Lipinski definition) is 4. The number of nitrogens with one attached hydrogen (secondary N) is 2. The molecule has 0 atom stereocenters. The van der Waals surface area contributed by atoms with Crippen LogP contribution in [0.5, 0.6) is 0 Å². The fourth-order valence-corrected chi connectivity index (χ4v) is 1.07. The molecule has 1 heterocycles. The summed E-state index contributed by atoms with van der Waals surface area (Å²) < 4.78 is 1.24. The lowest BCUT2D eigenvalue weighted by atomic mass is 10.4. The van der Waals surface area contributed by atoms with Gasteiger partial charge in [-0.3, -0.25) is 4.79 Å². The smallest absolute Gasteiger partial charge is 0.269 e. The third-order valence-electron chi connectivity index (χ3n) is 1.81. The molecule has 0 spiro atoms. The molecule has 0 radical (unpaired) electrons. The lowest BCUT2D eigenvalue weighted by Gasteiger charge is -2.05. The zero-order chi connectivity index (χ0) is 11.1. The van der Waals surface area contributed by atoms with Gasteiger partial charge in [-0.1, -0.05) is 5.92 Å². The molecule has 0 aromatic carbocycles. The molecule has 0 aliphatic carbocycles. The first-order chi connectivity index (χ1) is 7.27. The molecule has 5 heteroatoms. The Labute approximate surface area is 88.5 Å². The van der Waals surface area contributed by atoms with Crippen LogP contribution in [0.3, 0.4) is 0 Å². The SMILES string of the molecule is C#CCn1ncc(NCCNC)cc1=O. The van der Waals surface area contributed by atoms with Gasteiger partial charge in [-0.05, 0) is 7.05 Å². The van der Waals surface area contributed by atoms with Crippen molar-refractivity contribution < 1.29 is 0 Å². The number of likely N-dealkylation sites (N-methyl/N-ethyl adjacent to an activating group) is 1. The van der Waals surface area contributed by atoms with Gasteiger partial charge in [-0.15, -0.1) is 6.42 Å². The quantitative estimate of drug-likeness (QED) is 0.504. The van der Waals surface area contributed by atoms with Crippen molar-refractivity contribution in [1.82, 2.24) is 15.1 Å².